The number of hydrogen-bond acceptors (Lipinski definition) is 5. The summed E-state index contributed by atoms with van der Waals surface area (Å²) in [6, 6.07) is 20.0. The van der Waals surface area contributed by atoms with Gasteiger partial charge in [0.25, 0.3) is 0 Å². The van der Waals surface area contributed by atoms with Crippen LogP contribution in [0.25, 0.3) is 16.9 Å². The molecule has 0 fully saturated rings. The summed E-state index contributed by atoms with van der Waals surface area (Å²) >= 11 is 0. The summed E-state index contributed by atoms with van der Waals surface area (Å²) in [6.07, 6.45) is 1.76. The first kappa shape index (κ1) is 16.1. The van der Waals surface area contributed by atoms with Crippen molar-refractivity contribution < 1.29 is 4.74 Å². The number of nitrogens with one attached hydrogen (secondary N) is 1. The molecule has 0 bridgehead atoms. The van der Waals surface area contributed by atoms with E-state index in [9.17, 15) is 0 Å². The largest absolute Gasteiger partial charge is 0.481 e. The van der Waals surface area contributed by atoms with Crippen molar-refractivity contribution in [3.05, 3.63) is 72.6 Å². The monoisotopic (exact) mass is 345 g/mol. The molecule has 0 amide bonds. The molecule has 4 rings (SSSR count). The van der Waals surface area contributed by atoms with Crippen molar-refractivity contribution in [2.75, 3.05) is 12.4 Å². The number of methoxy groups -OCH3 is 1. The van der Waals surface area contributed by atoms with Gasteiger partial charge in [0.1, 0.15) is 12.1 Å². The fourth-order valence-electron chi connectivity index (χ4n) is 2.87. The van der Waals surface area contributed by atoms with Crippen LogP contribution >= 0.6 is 0 Å². The van der Waals surface area contributed by atoms with E-state index in [4.69, 9.17) is 4.74 Å². The molecule has 0 spiro atoms. The Kier molecular flexibility index (Phi) is 4.23. The molecule has 0 aliphatic carbocycles. The van der Waals surface area contributed by atoms with Gasteiger partial charge in [-0.25, -0.2) is 4.98 Å². The van der Waals surface area contributed by atoms with E-state index in [0.717, 1.165) is 16.6 Å². The van der Waals surface area contributed by atoms with Crippen molar-refractivity contribution in [2.45, 2.75) is 13.0 Å². The molecule has 26 heavy (non-hydrogen) atoms. The van der Waals surface area contributed by atoms with Crippen LogP contribution in [0.3, 0.4) is 0 Å². The van der Waals surface area contributed by atoms with E-state index in [1.165, 1.54) is 0 Å². The molecule has 6 nitrogen and oxygen atoms in total. The number of aromatic nitrogens is 4. The van der Waals surface area contributed by atoms with Gasteiger partial charge in [-0.3, -0.25) is 4.57 Å². The molecule has 2 aromatic heterocycles. The normalized spacial score (nSPS) is 12.1. The number of anilines is 1. The summed E-state index contributed by atoms with van der Waals surface area (Å²) in [4.78, 5) is 13.5. The Hall–Kier alpha value is -3.41. The lowest BCUT2D eigenvalue weighted by Crippen LogP contribution is -2.11. The Morgan fingerprint density at radius 3 is 2.58 bits per heavy atom. The SMILES string of the molecule is COc1cc(-n2cnc3ccccc32)nc(NC(C)c2ccccc2)n1. The van der Waals surface area contributed by atoms with Gasteiger partial charge in [-0.1, -0.05) is 42.5 Å². The molecule has 1 unspecified atom stereocenters. The highest BCUT2D eigenvalue weighted by Crippen LogP contribution is 2.23. The van der Waals surface area contributed by atoms with Crippen molar-refractivity contribution in [2.24, 2.45) is 0 Å². The van der Waals surface area contributed by atoms with Crippen molar-refractivity contribution >= 4 is 17.0 Å². The second-order valence-electron chi connectivity index (χ2n) is 5.97. The van der Waals surface area contributed by atoms with Crippen LogP contribution in [-0.4, -0.2) is 26.6 Å². The molecule has 2 heterocycles. The fourth-order valence-corrected chi connectivity index (χ4v) is 2.87. The van der Waals surface area contributed by atoms with Crippen LogP contribution < -0.4 is 10.1 Å². The zero-order valence-corrected chi connectivity index (χ0v) is 14.6. The topological polar surface area (TPSA) is 64.9 Å². The van der Waals surface area contributed by atoms with Gasteiger partial charge in [0.05, 0.1) is 24.2 Å². The number of para-hydroxylation sites is 2. The average molecular weight is 345 g/mol. The standard InChI is InChI=1S/C20H19N5O/c1-14(15-8-4-3-5-9-15)22-20-23-18(12-19(24-20)26-2)25-13-21-16-10-6-7-11-17(16)25/h3-14H,1-2H3,(H,22,23,24). The second-order valence-corrected chi connectivity index (χ2v) is 5.97. The van der Waals surface area contributed by atoms with Crippen molar-refractivity contribution in [3.8, 4) is 11.7 Å². The molecule has 0 aliphatic rings. The maximum atomic E-state index is 5.37. The molecule has 1 N–H and O–H groups in total. The van der Waals surface area contributed by atoms with E-state index >= 15 is 0 Å². The van der Waals surface area contributed by atoms with Crippen LogP contribution in [0.4, 0.5) is 5.95 Å². The minimum Gasteiger partial charge on any atom is -0.481 e. The van der Waals surface area contributed by atoms with Gasteiger partial charge < -0.3 is 10.1 Å². The minimum absolute atomic E-state index is 0.0655. The van der Waals surface area contributed by atoms with Gasteiger partial charge in [0.2, 0.25) is 11.8 Å². The van der Waals surface area contributed by atoms with E-state index in [0.29, 0.717) is 17.6 Å². The van der Waals surface area contributed by atoms with Crippen LogP contribution in [-0.2, 0) is 0 Å². The van der Waals surface area contributed by atoms with Crippen LogP contribution in [0, 0.1) is 0 Å². The lowest BCUT2D eigenvalue weighted by Gasteiger charge is -2.15. The summed E-state index contributed by atoms with van der Waals surface area (Å²) in [5.41, 5.74) is 3.06. The fraction of sp³-hybridized carbons (Fsp3) is 0.150. The molecule has 0 radical (unpaired) electrons. The number of hydrogen-bond donors (Lipinski definition) is 1. The quantitative estimate of drug-likeness (QED) is 0.592. The number of rotatable bonds is 5. The van der Waals surface area contributed by atoms with Crippen molar-refractivity contribution in [3.63, 3.8) is 0 Å². The van der Waals surface area contributed by atoms with Gasteiger partial charge in [0, 0.05) is 6.07 Å². The van der Waals surface area contributed by atoms with E-state index in [1.807, 2.05) is 47.0 Å². The summed E-state index contributed by atoms with van der Waals surface area (Å²) < 4.78 is 7.30. The predicted molar refractivity (Wildman–Crippen MR) is 102 cm³/mol. The summed E-state index contributed by atoms with van der Waals surface area (Å²) in [5.74, 6) is 1.71. The number of ether oxygens (including phenoxy) is 1. The lowest BCUT2D eigenvalue weighted by atomic mass is 10.1. The first-order chi connectivity index (χ1) is 12.7. The molecule has 130 valence electrons. The average Bonchev–Trinajstić information content (AvgIpc) is 3.12. The van der Waals surface area contributed by atoms with Gasteiger partial charge >= 0.3 is 0 Å². The highest BCUT2D eigenvalue weighted by Gasteiger charge is 2.12. The van der Waals surface area contributed by atoms with E-state index < -0.39 is 0 Å². The first-order valence-electron chi connectivity index (χ1n) is 8.41. The zero-order valence-electron chi connectivity index (χ0n) is 14.6. The molecule has 6 heteroatoms. The third kappa shape index (κ3) is 3.09. The van der Waals surface area contributed by atoms with Gasteiger partial charge in [0.15, 0.2) is 0 Å². The summed E-state index contributed by atoms with van der Waals surface area (Å²) in [7, 11) is 1.60. The second kappa shape index (κ2) is 6.84. The Labute approximate surface area is 151 Å². The highest BCUT2D eigenvalue weighted by molar-refractivity contribution is 5.76. The van der Waals surface area contributed by atoms with Crippen molar-refractivity contribution in [1.29, 1.82) is 0 Å². The molecule has 2 aromatic carbocycles. The Bertz CT molecular complexity index is 1030. The highest BCUT2D eigenvalue weighted by atomic mass is 16.5. The third-order valence-electron chi connectivity index (χ3n) is 4.24. The number of nitrogens with zero attached hydrogens (tertiary/aromatic N) is 4. The van der Waals surface area contributed by atoms with E-state index in [-0.39, 0.29) is 6.04 Å². The van der Waals surface area contributed by atoms with E-state index in [2.05, 4.69) is 39.3 Å². The molecular weight excluding hydrogens is 326 g/mol. The smallest absolute Gasteiger partial charge is 0.228 e. The molecule has 0 saturated carbocycles. The Balaban J connectivity index is 1.72. The number of imidazole rings is 1. The lowest BCUT2D eigenvalue weighted by molar-refractivity contribution is 0.397. The molecule has 4 aromatic rings. The van der Waals surface area contributed by atoms with Crippen LogP contribution in [0.1, 0.15) is 18.5 Å². The molecule has 1 atom stereocenters. The van der Waals surface area contributed by atoms with Gasteiger partial charge in [-0.05, 0) is 24.6 Å². The van der Waals surface area contributed by atoms with Gasteiger partial charge in [-0.15, -0.1) is 0 Å². The minimum atomic E-state index is 0.0655. The Morgan fingerprint density at radius 1 is 1.00 bits per heavy atom. The molecular formula is C20H19N5O. The maximum absolute atomic E-state index is 5.37. The molecule has 0 saturated heterocycles. The van der Waals surface area contributed by atoms with Crippen LogP contribution in [0.15, 0.2) is 67.0 Å². The maximum Gasteiger partial charge on any atom is 0.228 e. The number of fused-ring (bicyclic) bond motifs is 1. The van der Waals surface area contributed by atoms with Crippen LogP contribution in [0.2, 0.25) is 0 Å². The Morgan fingerprint density at radius 2 is 1.77 bits per heavy atom. The van der Waals surface area contributed by atoms with Crippen molar-refractivity contribution in [1.82, 2.24) is 19.5 Å². The predicted octanol–water partition coefficient (Wildman–Crippen LogP) is 4.00. The van der Waals surface area contributed by atoms with E-state index in [1.54, 1.807) is 19.5 Å². The van der Waals surface area contributed by atoms with Gasteiger partial charge in [-0.2, -0.15) is 9.97 Å². The summed E-state index contributed by atoms with van der Waals surface area (Å²) in [6.45, 7) is 2.07. The van der Waals surface area contributed by atoms with Crippen LogP contribution in [0.5, 0.6) is 5.88 Å². The summed E-state index contributed by atoms with van der Waals surface area (Å²) in [5, 5.41) is 3.35. The third-order valence-corrected chi connectivity index (χ3v) is 4.24. The number of benzene rings is 2. The zero-order chi connectivity index (χ0) is 17.9. The first-order valence-corrected chi connectivity index (χ1v) is 8.41. The molecule has 0 aliphatic heterocycles.